The highest BCUT2D eigenvalue weighted by Crippen LogP contribution is 2.26. The summed E-state index contributed by atoms with van der Waals surface area (Å²) in [5.41, 5.74) is 7.51. The van der Waals surface area contributed by atoms with Gasteiger partial charge in [-0.05, 0) is 36.4 Å². The topological polar surface area (TPSA) is 142 Å². The van der Waals surface area contributed by atoms with Crippen molar-refractivity contribution in [2.24, 2.45) is 0 Å². The predicted molar refractivity (Wildman–Crippen MR) is 102 cm³/mol. The van der Waals surface area contributed by atoms with Gasteiger partial charge in [-0.15, -0.1) is 0 Å². The van der Waals surface area contributed by atoms with Crippen molar-refractivity contribution in [3.63, 3.8) is 0 Å². The van der Waals surface area contributed by atoms with E-state index in [1.165, 1.54) is 6.07 Å². The number of nitrogen functional groups attached to an aromatic ring is 1. The Bertz CT molecular complexity index is 1140. The van der Waals surface area contributed by atoms with E-state index in [0.717, 1.165) is 0 Å². The lowest BCUT2D eigenvalue weighted by Crippen LogP contribution is -2.12. The minimum atomic E-state index is -0.439. The van der Waals surface area contributed by atoms with Gasteiger partial charge < -0.3 is 21.5 Å². The molecule has 6 N–H and O–H groups in total. The first-order valence-corrected chi connectivity index (χ1v) is 8.03. The summed E-state index contributed by atoms with van der Waals surface area (Å²) < 4.78 is 0. The highest BCUT2D eigenvalue weighted by Gasteiger charge is 2.16. The summed E-state index contributed by atoms with van der Waals surface area (Å²) >= 11 is 0. The lowest BCUT2D eigenvalue weighted by atomic mass is 10.1. The summed E-state index contributed by atoms with van der Waals surface area (Å²) in [4.78, 5) is 20.5. The summed E-state index contributed by atoms with van der Waals surface area (Å²) in [5.74, 6) is 0.234. The molecule has 2 heterocycles. The second-order valence-corrected chi connectivity index (χ2v) is 5.73. The Labute approximate surface area is 153 Å². The second-order valence-electron chi connectivity index (χ2n) is 5.73. The van der Waals surface area contributed by atoms with Crippen molar-refractivity contribution in [3.05, 3.63) is 60.4 Å². The van der Waals surface area contributed by atoms with Gasteiger partial charge in [0.2, 0.25) is 5.95 Å². The molecule has 0 aliphatic rings. The molecule has 0 aliphatic carbocycles. The number of nitrogens with two attached hydrogens (primary N) is 1. The number of hydrogen-bond donors (Lipinski definition) is 5. The molecule has 0 radical (unpaired) electrons. The number of amides is 1. The lowest BCUT2D eigenvalue weighted by molar-refractivity contribution is 0.102. The number of phenols is 1. The molecule has 0 unspecified atom stereocenters. The molecule has 2 aromatic heterocycles. The number of fused-ring (bicyclic) bond motifs is 1. The maximum atomic E-state index is 12.6. The number of benzene rings is 2. The van der Waals surface area contributed by atoms with Gasteiger partial charge in [0.1, 0.15) is 11.6 Å². The van der Waals surface area contributed by atoms with Crippen molar-refractivity contribution in [1.82, 2.24) is 20.2 Å². The first-order chi connectivity index (χ1) is 13.1. The monoisotopic (exact) mass is 361 g/mol. The number of aromatic hydroxyl groups is 1. The molecular formula is C18H15N7O2. The van der Waals surface area contributed by atoms with Gasteiger partial charge in [-0.25, -0.2) is 4.98 Å². The highest BCUT2D eigenvalue weighted by molar-refractivity contribution is 6.12. The maximum absolute atomic E-state index is 12.6. The van der Waals surface area contributed by atoms with E-state index < -0.39 is 5.91 Å². The average Bonchev–Trinajstić information content (AvgIpc) is 3.07. The van der Waals surface area contributed by atoms with Gasteiger partial charge >= 0.3 is 0 Å². The molecule has 4 aromatic rings. The molecule has 134 valence electrons. The number of carbonyl (C=O) groups excluding carboxylic acids is 1. The predicted octanol–water partition coefficient (Wildman–Crippen LogP) is 2.64. The summed E-state index contributed by atoms with van der Waals surface area (Å²) in [6, 6.07) is 13.6. The summed E-state index contributed by atoms with van der Waals surface area (Å²) in [6.45, 7) is 0. The molecule has 9 heteroatoms. The molecular weight excluding hydrogens is 346 g/mol. The molecule has 9 nitrogen and oxygen atoms in total. The number of nitrogens with one attached hydrogen (secondary N) is 3. The fourth-order valence-electron chi connectivity index (χ4n) is 2.62. The van der Waals surface area contributed by atoms with Crippen LogP contribution in [0.5, 0.6) is 5.75 Å². The van der Waals surface area contributed by atoms with Crippen molar-refractivity contribution in [3.8, 4) is 5.75 Å². The summed E-state index contributed by atoms with van der Waals surface area (Å²) in [5, 5.41) is 23.1. The maximum Gasteiger partial charge on any atom is 0.276 e. The number of phenolic OH excluding ortho intramolecular Hbond substituents is 1. The number of aromatic nitrogens is 4. The number of nitrogens with zero attached hydrogens (tertiary/aromatic N) is 3. The van der Waals surface area contributed by atoms with Gasteiger partial charge in [-0.2, -0.15) is 10.1 Å². The zero-order valence-electron chi connectivity index (χ0n) is 14.0. The van der Waals surface area contributed by atoms with Crippen LogP contribution >= 0.6 is 0 Å². The number of anilines is 4. The zero-order valence-corrected chi connectivity index (χ0v) is 14.0. The fourth-order valence-corrected chi connectivity index (χ4v) is 2.62. The molecule has 0 bridgehead atoms. The summed E-state index contributed by atoms with van der Waals surface area (Å²) in [6.07, 6.45) is 1.55. The van der Waals surface area contributed by atoms with Crippen LogP contribution in [0.25, 0.3) is 10.9 Å². The average molecular weight is 361 g/mol. The van der Waals surface area contributed by atoms with Crippen molar-refractivity contribution < 1.29 is 9.90 Å². The van der Waals surface area contributed by atoms with Gasteiger partial charge in [0.05, 0.1) is 11.2 Å². The minimum Gasteiger partial charge on any atom is -0.506 e. The van der Waals surface area contributed by atoms with Crippen LogP contribution in [-0.2, 0) is 0 Å². The van der Waals surface area contributed by atoms with Crippen molar-refractivity contribution in [2.75, 3.05) is 16.4 Å². The Morgan fingerprint density at radius 2 is 2.00 bits per heavy atom. The van der Waals surface area contributed by atoms with E-state index in [0.29, 0.717) is 28.1 Å². The zero-order chi connectivity index (χ0) is 18.8. The van der Waals surface area contributed by atoms with Crippen molar-refractivity contribution in [2.45, 2.75) is 0 Å². The number of H-pyrrole nitrogens is 1. The Balaban J connectivity index is 1.64. The number of para-hydroxylation sites is 2. The molecule has 0 spiro atoms. The van der Waals surface area contributed by atoms with Crippen LogP contribution in [0, 0.1) is 0 Å². The van der Waals surface area contributed by atoms with Crippen LogP contribution < -0.4 is 16.4 Å². The normalized spacial score (nSPS) is 10.7. The minimum absolute atomic E-state index is 0.0191. The van der Waals surface area contributed by atoms with Gasteiger partial charge in [-0.1, -0.05) is 12.1 Å². The molecule has 4 rings (SSSR count). The molecule has 1 amide bonds. The molecule has 27 heavy (non-hydrogen) atoms. The van der Waals surface area contributed by atoms with Crippen LogP contribution in [0.3, 0.4) is 0 Å². The molecule has 0 aliphatic heterocycles. The third-order valence-corrected chi connectivity index (χ3v) is 3.88. The fraction of sp³-hybridized carbons (Fsp3) is 0. The van der Waals surface area contributed by atoms with E-state index in [2.05, 4.69) is 30.8 Å². The third kappa shape index (κ3) is 3.33. The Morgan fingerprint density at radius 3 is 2.81 bits per heavy atom. The van der Waals surface area contributed by atoms with Crippen molar-refractivity contribution >= 4 is 40.0 Å². The van der Waals surface area contributed by atoms with Crippen LogP contribution in [-0.4, -0.2) is 31.2 Å². The molecule has 0 fully saturated rings. The van der Waals surface area contributed by atoms with Crippen LogP contribution in [0.1, 0.15) is 10.5 Å². The SMILES string of the molecule is Nc1nccc(Nc2ccc3[nH]nc(C(=O)Nc4ccccc4O)c3c2)n1. The van der Waals surface area contributed by atoms with E-state index >= 15 is 0 Å². The lowest BCUT2D eigenvalue weighted by Gasteiger charge is -2.07. The highest BCUT2D eigenvalue weighted by atomic mass is 16.3. The van der Waals surface area contributed by atoms with E-state index in [4.69, 9.17) is 5.73 Å². The smallest absolute Gasteiger partial charge is 0.276 e. The van der Waals surface area contributed by atoms with E-state index in [1.807, 2.05) is 6.07 Å². The van der Waals surface area contributed by atoms with Crippen LogP contribution in [0.4, 0.5) is 23.1 Å². The number of aromatic amines is 1. The Morgan fingerprint density at radius 1 is 1.15 bits per heavy atom. The Hall–Kier alpha value is -4.14. The van der Waals surface area contributed by atoms with Gasteiger partial charge in [0.15, 0.2) is 5.69 Å². The first-order valence-electron chi connectivity index (χ1n) is 8.03. The quantitative estimate of drug-likeness (QED) is 0.352. The molecule has 0 saturated heterocycles. The largest absolute Gasteiger partial charge is 0.506 e. The number of hydrogen-bond acceptors (Lipinski definition) is 7. The van der Waals surface area contributed by atoms with Crippen LogP contribution in [0.2, 0.25) is 0 Å². The van der Waals surface area contributed by atoms with Gasteiger partial charge in [-0.3, -0.25) is 9.89 Å². The first kappa shape index (κ1) is 16.3. The third-order valence-electron chi connectivity index (χ3n) is 3.88. The molecule has 0 saturated carbocycles. The van der Waals surface area contributed by atoms with Crippen LogP contribution in [0.15, 0.2) is 54.7 Å². The van der Waals surface area contributed by atoms with Gasteiger partial charge in [0, 0.05) is 17.3 Å². The Kier molecular flexibility index (Phi) is 4.01. The summed E-state index contributed by atoms with van der Waals surface area (Å²) in [7, 11) is 0. The van der Waals surface area contributed by atoms with E-state index in [-0.39, 0.29) is 17.4 Å². The van der Waals surface area contributed by atoms with E-state index in [1.54, 1.807) is 42.6 Å². The number of rotatable bonds is 4. The van der Waals surface area contributed by atoms with E-state index in [9.17, 15) is 9.90 Å². The number of carbonyl (C=O) groups is 1. The van der Waals surface area contributed by atoms with Crippen molar-refractivity contribution in [1.29, 1.82) is 0 Å². The van der Waals surface area contributed by atoms with Gasteiger partial charge in [0.25, 0.3) is 5.91 Å². The molecule has 2 aromatic carbocycles. The second kappa shape index (κ2) is 6.64. The standard InChI is InChI=1S/C18H15N7O2/c19-18-20-8-7-15(23-18)21-10-5-6-12-11(9-10)16(25-24-12)17(27)22-13-3-1-2-4-14(13)26/h1-9,26H,(H,22,27)(H,24,25)(H3,19,20,21,23). The molecule has 0 atom stereocenters.